The molecule has 0 aliphatic carbocycles. The van der Waals surface area contributed by atoms with E-state index in [9.17, 15) is 4.79 Å². The van der Waals surface area contributed by atoms with Gasteiger partial charge >= 0.3 is 5.97 Å². The Bertz CT molecular complexity index is 311. The lowest BCUT2D eigenvalue weighted by molar-refractivity contribution is -0.137. The van der Waals surface area contributed by atoms with Crippen molar-refractivity contribution < 1.29 is 9.90 Å². The maximum Gasteiger partial charge on any atom is 0.303 e. The van der Waals surface area contributed by atoms with Crippen molar-refractivity contribution in [3.63, 3.8) is 0 Å². The second kappa shape index (κ2) is 6.49. The Balaban J connectivity index is 1.75. The van der Waals surface area contributed by atoms with Gasteiger partial charge in [-0.2, -0.15) is 11.8 Å². The first-order valence-electron chi connectivity index (χ1n) is 7.50. The van der Waals surface area contributed by atoms with Gasteiger partial charge in [-0.25, -0.2) is 0 Å². The van der Waals surface area contributed by atoms with Gasteiger partial charge in [-0.15, -0.1) is 0 Å². The average molecular weight is 285 g/mol. The molecule has 1 N–H and O–H groups in total. The van der Waals surface area contributed by atoms with Crippen molar-refractivity contribution in [2.45, 2.75) is 52.0 Å². The lowest BCUT2D eigenvalue weighted by atomic mass is 9.85. The topological polar surface area (TPSA) is 40.5 Å². The van der Waals surface area contributed by atoms with Crippen LogP contribution in [0.4, 0.5) is 0 Å². The van der Waals surface area contributed by atoms with E-state index in [0.717, 1.165) is 12.5 Å². The summed E-state index contributed by atoms with van der Waals surface area (Å²) in [4.78, 5) is 13.3. The van der Waals surface area contributed by atoms with Gasteiger partial charge in [-0.05, 0) is 55.9 Å². The second-order valence-corrected chi connectivity index (χ2v) is 7.98. The predicted molar refractivity (Wildman–Crippen MR) is 80.7 cm³/mol. The molecule has 4 heteroatoms. The van der Waals surface area contributed by atoms with Crippen molar-refractivity contribution >= 4 is 17.7 Å². The molecular weight excluding hydrogens is 258 g/mol. The van der Waals surface area contributed by atoms with E-state index < -0.39 is 5.97 Å². The summed E-state index contributed by atoms with van der Waals surface area (Å²) in [5, 5.41) is 8.74. The van der Waals surface area contributed by atoms with Crippen molar-refractivity contribution in [1.29, 1.82) is 0 Å². The minimum atomic E-state index is -0.646. The molecule has 0 bridgehead atoms. The molecule has 0 amide bonds. The predicted octanol–water partition coefficient (Wildman–Crippen LogP) is 3.09. The smallest absolute Gasteiger partial charge is 0.303 e. The SMILES string of the molecule is CC1(C)CSCC(N2CCC(CCC(=O)O)CC2)C1. The van der Waals surface area contributed by atoms with Crippen LogP contribution in [0, 0.1) is 11.3 Å². The van der Waals surface area contributed by atoms with Crippen LogP contribution in [0.15, 0.2) is 0 Å². The van der Waals surface area contributed by atoms with Crippen molar-refractivity contribution in [1.82, 2.24) is 4.90 Å². The van der Waals surface area contributed by atoms with E-state index >= 15 is 0 Å². The maximum atomic E-state index is 10.6. The zero-order valence-corrected chi connectivity index (χ0v) is 13.0. The van der Waals surface area contributed by atoms with Crippen molar-refractivity contribution in [2.24, 2.45) is 11.3 Å². The van der Waals surface area contributed by atoms with Crippen LogP contribution < -0.4 is 0 Å². The zero-order chi connectivity index (χ0) is 13.9. The van der Waals surface area contributed by atoms with Crippen molar-refractivity contribution in [3.05, 3.63) is 0 Å². The Kier molecular flexibility index (Phi) is 5.18. The Morgan fingerprint density at radius 3 is 2.63 bits per heavy atom. The summed E-state index contributed by atoms with van der Waals surface area (Å²) in [7, 11) is 0. The second-order valence-electron chi connectivity index (χ2n) is 6.95. The highest BCUT2D eigenvalue weighted by Gasteiger charge is 2.33. The number of hydrogen-bond donors (Lipinski definition) is 1. The highest BCUT2D eigenvalue weighted by atomic mass is 32.2. The lowest BCUT2D eigenvalue weighted by Gasteiger charge is -2.43. The minimum absolute atomic E-state index is 0.344. The Hall–Kier alpha value is -0.220. The first-order chi connectivity index (χ1) is 8.96. The van der Waals surface area contributed by atoms with Crippen LogP contribution in [0.1, 0.15) is 46.0 Å². The van der Waals surface area contributed by atoms with E-state index in [-0.39, 0.29) is 0 Å². The van der Waals surface area contributed by atoms with Gasteiger partial charge < -0.3 is 5.11 Å². The monoisotopic (exact) mass is 285 g/mol. The fourth-order valence-corrected chi connectivity index (χ4v) is 4.78. The third-order valence-corrected chi connectivity index (χ3v) is 6.13. The van der Waals surface area contributed by atoms with Gasteiger partial charge in [0.25, 0.3) is 0 Å². The number of thioether (sulfide) groups is 1. The molecule has 3 nitrogen and oxygen atoms in total. The molecule has 2 saturated heterocycles. The van der Waals surface area contributed by atoms with E-state index in [2.05, 4.69) is 30.5 Å². The summed E-state index contributed by atoms with van der Waals surface area (Å²) in [6.07, 6.45) is 4.91. The van der Waals surface area contributed by atoms with E-state index in [1.165, 1.54) is 43.9 Å². The van der Waals surface area contributed by atoms with Crippen LogP contribution in [-0.2, 0) is 4.79 Å². The summed E-state index contributed by atoms with van der Waals surface area (Å²) >= 11 is 2.10. The molecule has 2 heterocycles. The number of hydrogen-bond acceptors (Lipinski definition) is 3. The summed E-state index contributed by atoms with van der Waals surface area (Å²) in [5.74, 6) is 2.56. The lowest BCUT2D eigenvalue weighted by Crippen LogP contribution is -2.47. The summed E-state index contributed by atoms with van der Waals surface area (Å²) < 4.78 is 0. The average Bonchev–Trinajstić information content (AvgIpc) is 2.36. The van der Waals surface area contributed by atoms with Gasteiger partial charge in [0.15, 0.2) is 0 Å². The van der Waals surface area contributed by atoms with E-state index in [0.29, 0.717) is 17.8 Å². The number of rotatable bonds is 4. The molecular formula is C15H27NO2S. The molecule has 1 atom stereocenters. The van der Waals surface area contributed by atoms with Crippen molar-refractivity contribution in [3.8, 4) is 0 Å². The number of nitrogens with zero attached hydrogens (tertiary/aromatic N) is 1. The van der Waals surface area contributed by atoms with Crippen LogP contribution in [0.5, 0.6) is 0 Å². The number of carboxylic acids is 1. The molecule has 19 heavy (non-hydrogen) atoms. The zero-order valence-electron chi connectivity index (χ0n) is 12.2. The molecule has 0 spiro atoms. The number of carbonyl (C=O) groups is 1. The van der Waals surface area contributed by atoms with Crippen LogP contribution >= 0.6 is 11.8 Å². The minimum Gasteiger partial charge on any atom is -0.481 e. The van der Waals surface area contributed by atoms with Gasteiger partial charge in [0.2, 0.25) is 0 Å². The van der Waals surface area contributed by atoms with Gasteiger partial charge in [0.1, 0.15) is 0 Å². The van der Waals surface area contributed by atoms with Crippen molar-refractivity contribution in [2.75, 3.05) is 24.6 Å². The first kappa shape index (κ1) is 15.2. The van der Waals surface area contributed by atoms with Crippen LogP contribution in [0.3, 0.4) is 0 Å². The Labute approximate surface area is 121 Å². The van der Waals surface area contributed by atoms with E-state index in [4.69, 9.17) is 5.11 Å². The van der Waals surface area contributed by atoms with Gasteiger partial charge in [-0.1, -0.05) is 13.8 Å². The van der Waals surface area contributed by atoms with E-state index in [1.807, 2.05) is 0 Å². The van der Waals surface area contributed by atoms with E-state index in [1.54, 1.807) is 0 Å². The quantitative estimate of drug-likeness (QED) is 0.861. The van der Waals surface area contributed by atoms with Crippen LogP contribution in [-0.4, -0.2) is 46.6 Å². The normalized spacial score (nSPS) is 29.3. The summed E-state index contributed by atoms with van der Waals surface area (Å²) in [5.41, 5.74) is 0.480. The Morgan fingerprint density at radius 1 is 1.37 bits per heavy atom. The number of aliphatic carboxylic acids is 1. The number of piperidine rings is 1. The summed E-state index contributed by atoms with van der Waals surface area (Å²) in [6, 6.07) is 0.745. The first-order valence-corrected chi connectivity index (χ1v) is 8.65. The van der Waals surface area contributed by atoms with Gasteiger partial charge in [0, 0.05) is 18.2 Å². The van der Waals surface area contributed by atoms with Crippen LogP contribution in [0.25, 0.3) is 0 Å². The molecule has 110 valence electrons. The molecule has 2 aliphatic heterocycles. The molecule has 0 saturated carbocycles. The number of carboxylic acid groups (broad SMARTS) is 1. The number of likely N-dealkylation sites (tertiary alicyclic amines) is 1. The standard InChI is InChI=1S/C15H27NO2S/c1-15(2)9-13(10-19-11-15)16-7-5-12(6-8-16)3-4-14(17)18/h12-13H,3-11H2,1-2H3,(H,17,18). The summed E-state index contributed by atoms with van der Waals surface area (Å²) in [6.45, 7) is 7.11. The molecule has 0 aromatic rings. The highest BCUT2D eigenvalue weighted by Crippen LogP contribution is 2.37. The highest BCUT2D eigenvalue weighted by molar-refractivity contribution is 7.99. The third kappa shape index (κ3) is 4.67. The third-order valence-electron chi connectivity index (χ3n) is 4.52. The molecule has 2 aliphatic rings. The van der Waals surface area contributed by atoms with Gasteiger partial charge in [0.05, 0.1) is 0 Å². The maximum absolute atomic E-state index is 10.6. The fraction of sp³-hybridized carbons (Fsp3) is 0.933. The molecule has 0 radical (unpaired) electrons. The fourth-order valence-electron chi connectivity index (χ4n) is 3.40. The largest absolute Gasteiger partial charge is 0.481 e. The molecule has 0 aromatic heterocycles. The van der Waals surface area contributed by atoms with Crippen LogP contribution in [0.2, 0.25) is 0 Å². The molecule has 1 unspecified atom stereocenters. The van der Waals surface area contributed by atoms with Gasteiger partial charge in [-0.3, -0.25) is 9.69 Å². The molecule has 2 fully saturated rings. The molecule has 2 rings (SSSR count). The molecule has 0 aromatic carbocycles. The Morgan fingerprint density at radius 2 is 2.05 bits per heavy atom.